The van der Waals surface area contributed by atoms with Gasteiger partial charge in [-0.2, -0.15) is 0 Å². The topological polar surface area (TPSA) is 55.6 Å². The zero-order chi connectivity index (χ0) is 17.8. The molecule has 2 aromatic heterocycles. The summed E-state index contributed by atoms with van der Waals surface area (Å²) in [5.74, 6) is 0.446. The van der Waals surface area contributed by atoms with Gasteiger partial charge in [0.25, 0.3) is 5.91 Å². The third-order valence-corrected chi connectivity index (χ3v) is 3.95. The quantitative estimate of drug-likeness (QED) is 0.595. The van der Waals surface area contributed by atoms with E-state index < -0.39 is 0 Å². The Morgan fingerprint density at radius 1 is 0.962 bits per heavy atom. The van der Waals surface area contributed by atoms with E-state index in [-0.39, 0.29) is 12.5 Å². The van der Waals surface area contributed by atoms with Crippen LogP contribution in [0.4, 0.5) is 5.69 Å². The van der Waals surface area contributed by atoms with E-state index in [0.29, 0.717) is 11.4 Å². The number of para-hydroxylation sites is 2. The zero-order valence-corrected chi connectivity index (χ0v) is 14.0. The Kier molecular flexibility index (Phi) is 4.35. The first-order valence-corrected chi connectivity index (χ1v) is 8.30. The first-order valence-electron chi connectivity index (χ1n) is 8.30. The van der Waals surface area contributed by atoms with E-state index in [1.807, 2.05) is 89.6 Å². The molecule has 1 N–H and O–H groups in total. The van der Waals surface area contributed by atoms with Crippen molar-refractivity contribution in [2.75, 3.05) is 11.9 Å². The summed E-state index contributed by atoms with van der Waals surface area (Å²) in [7, 11) is 0. The summed E-state index contributed by atoms with van der Waals surface area (Å²) >= 11 is 0. The van der Waals surface area contributed by atoms with Crippen LogP contribution in [-0.4, -0.2) is 21.9 Å². The van der Waals surface area contributed by atoms with Crippen LogP contribution in [0, 0.1) is 0 Å². The molecule has 0 aliphatic carbocycles. The second-order valence-electron chi connectivity index (χ2n) is 5.79. The summed E-state index contributed by atoms with van der Waals surface area (Å²) in [6, 6.07) is 22.7. The number of anilines is 1. The fraction of sp³-hybridized carbons (Fsp3) is 0.0476. The molecule has 2 heterocycles. The molecule has 0 aliphatic rings. The number of amides is 1. The van der Waals surface area contributed by atoms with Gasteiger partial charge in [-0.1, -0.05) is 42.5 Å². The Bertz CT molecular complexity index is 1010. The highest BCUT2D eigenvalue weighted by atomic mass is 16.5. The van der Waals surface area contributed by atoms with Crippen molar-refractivity contribution in [3.05, 3.63) is 85.2 Å². The highest BCUT2D eigenvalue weighted by Crippen LogP contribution is 2.27. The SMILES string of the molecule is O=C(COc1ccccc1)Nc1ccccc1-c1cn2ccccc2n1. The van der Waals surface area contributed by atoms with E-state index in [4.69, 9.17) is 4.74 Å². The number of rotatable bonds is 5. The average Bonchev–Trinajstić information content (AvgIpc) is 3.12. The maximum Gasteiger partial charge on any atom is 0.262 e. The molecule has 0 spiro atoms. The van der Waals surface area contributed by atoms with Crippen LogP contribution >= 0.6 is 0 Å². The molecule has 0 saturated heterocycles. The average molecular weight is 343 g/mol. The number of imidazole rings is 1. The fourth-order valence-electron chi connectivity index (χ4n) is 2.73. The van der Waals surface area contributed by atoms with Gasteiger partial charge in [0, 0.05) is 18.0 Å². The second kappa shape index (κ2) is 7.11. The van der Waals surface area contributed by atoms with E-state index in [1.165, 1.54) is 0 Å². The van der Waals surface area contributed by atoms with E-state index in [2.05, 4.69) is 10.3 Å². The predicted molar refractivity (Wildman–Crippen MR) is 101 cm³/mol. The van der Waals surface area contributed by atoms with E-state index >= 15 is 0 Å². The highest BCUT2D eigenvalue weighted by Gasteiger charge is 2.11. The summed E-state index contributed by atoms with van der Waals surface area (Å²) in [5, 5.41) is 2.91. The monoisotopic (exact) mass is 343 g/mol. The van der Waals surface area contributed by atoms with Gasteiger partial charge in [0.15, 0.2) is 6.61 Å². The molecule has 0 saturated carbocycles. The molecule has 128 valence electrons. The van der Waals surface area contributed by atoms with Crippen molar-refractivity contribution in [3.63, 3.8) is 0 Å². The molecule has 0 atom stereocenters. The Balaban J connectivity index is 1.53. The van der Waals surface area contributed by atoms with Crippen LogP contribution in [0.1, 0.15) is 0 Å². The molecule has 0 aliphatic heterocycles. The van der Waals surface area contributed by atoms with Crippen molar-refractivity contribution in [3.8, 4) is 17.0 Å². The molecule has 4 aromatic rings. The van der Waals surface area contributed by atoms with Crippen molar-refractivity contribution in [2.24, 2.45) is 0 Å². The number of nitrogens with one attached hydrogen (secondary N) is 1. The molecular formula is C21H17N3O2. The minimum absolute atomic E-state index is 0.0521. The number of aromatic nitrogens is 2. The summed E-state index contributed by atoms with van der Waals surface area (Å²) < 4.78 is 7.45. The van der Waals surface area contributed by atoms with Gasteiger partial charge >= 0.3 is 0 Å². The molecule has 2 aromatic carbocycles. The van der Waals surface area contributed by atoms with E-state index in [0.717, 1.165) is 16.9 Å². The van der Waals surface area contributed by atoms with Crippen molar-refractivity contribution < 1.29 is 9.53 Å². The van der Waals surface area contributed by atoms with Gasteiger partial charge in [0.1, 0.15) is 11.4 Å². The second-order valence-corrected chi connectivity index (χ2v) is 5.79. The summed E-state index contributed by atoms with van der Waals surface area (Å²) in [6.07, 6.45) is 3.89. The van der Waals surface area contributed by atoms with Crippen LogP contribution in [0.2, 0.25) is 0 Å². The first kappa shape index (κ1) is 15.9. The largest absolute Gasteiger partial charge is 0.484 e. The Hall–Kier alpha value is -3.60. The molecule has 0 radical (unpaired) electrons. The lowest BCUT2D eigenvalue weighted by atomic mass is 10.1. The summed E-state index contributed by atoms with van der Waals surface area (Å²) in [6.45, 7) is -0.0521. The Morgan fingerprint density at radius 3 is 2.58 bits per heavy atom. The highest BCUT2D eigenvalue weighted by molar-refractivity contribution is 5.96. The van der Waals surface area contributed by atoms with Crippen LogP contribution in [0.3, 0.4) is 0 Å². The van der Waals surface area contributed by atoms with Gasteiger partial charge in [0.2, 0.25) is 0 Å². The summed E-state index contributed by atoms with van der Waals surface area (Å²) in [5.41, 5.74) is 3.23. The molecule has 0 bridgehead atoms. The molecule has 4 rings (SSSR count). The van der Waals surface area contributed by atoms with Crippen LogP contribution in [0.15, 0.2) is 85.2 Å². The van der Waals surface area contributed by atoms with Crippen LogP contribution in [0.5, 0.6) is 5.75 Å². The third kappa shape index (κ3) is 3.42. The molecule has 5 nitrogen and oxygen atoms in total. The molecule has 0 fully saturated rings. The maximum atomic E-state index is 12.3. The van der Waals surface area contributed by atoms with Gasteiger partial charge < -0.3 is 14.5 Å². The number of pyridine rings is 1. The minimum atomic E-state index is -0.218. The van der Waals surface area contributed by atoms with Gasteiger partial charge in [-0.25, -0.2) is 4.98 Å². The predicted octanol–water partition coefficient (Wildman–Crippen LogP) is 4.02. The Morgan fingerprint density at radius 2 is 1.73 bits per heavy atom. The zero-order valence-electron chi connectivity index (χ0n) is 14.0. The summed E-state index contributed by atoms with van der Waals surface area (Å²) in [4.78, 5) is 16.9. The minimum Gasteiger partial charge on any atom is -0.484 e. The lowest BCUT2D eigenvalue weighted by molar-refractivity contribution is -0.118. The van der Waals surface area contributed by atoms with Crippen molar-refractivity contribution in [1.82, 2.24) is 9.38 Å². The van der Waals surface area contributed by atoms with Gasteiger partial charge in [-0.3, -0.25) is 4.79 Å². The van der Waals surface area contributed by atoms with Crippen molar-refractivity contribution in [1.29, 1.82) is 0 Å². The maximum absolute atomic E-state index is 12.3. The number of nitrogens with zero attached hydrogens (tertiary/aromatic N) is 2. The van der Waals surface area contributed by atoms with Crippen LogP contribution in [-0.2, 0) is 4.79 Å². The number of benzene rings is 2. The molecule has 26 heavy (non-hydrogen) atoms. The van der Waals surface area contributed by atoms with E-state index in [9.17, 15) is 4.79 Å². The molecule has 5 heteroatoms. The molecule has 1 amide bonds. The lowest BCUT2D eigenvalue weighted by Crippen LogP contribution is -2.20. The van der Waals surface area contributed by atoms with E-state index in [1.54, 1.807) is 0 Å². The number of carbonyl (C=O) groups is 1. The number of fused-ring (bicyclic) bond motifs is 1. The fourth-order valence-corrected chi connectivity index (χ4v) is 2.73. The number of hydrogen-bond donors (Lipinski definition) is 1. The lowest BCUT2D eigenvalue weighted by Gasteiger charge is -2.10. The smallest absolute Gasteiger partial charge is 0.262 e. The van der Waals surface area contributed by atoms with Gasteiger partial charge in [-0.05, 0) is 30.3 Å². The molecular weight excluding hydrogens is 326 g/mol. The van der Waals surface area contributed by atoms with Crippen LogP contribution < -0.4 is 10.1 Å². The first-order chi connectivity index (χ1) is 12.8. The normalized spacial score (nSPS) is 10.6. The van der Waals surface area contributed by atoms with Crippen molar-refractivity contribution in [2.45, 2.75) is 0 Å². The Labute approximate surface area is 150 Å². The third-order valence-electron chi connectivity index (χ3n) is 3.95. The van der Waals surface area contributed by atoms with Crippen molar-refractivity contribution >= 4 is 17.2 Å². The van der Waals surface area contributed by atoms with Crippen LogP contribution in [0.25, 0.3) is 16.9 Å². The van der Waals surface area contributed by atoms with Gasteiger partial charge in [-0.15, -0.1) is 0 Å². The van der Waals surface area contributed by atoms with Gasteiger partial charge in [0.05, 0.1) is 11.4 Å². The molecule has 0 unspecified atom stereocenters. The standard InChI is InChI=1S/C21H17N3O2/c25-21(15-26-16-8-2-1-3-9-16)23-18-11-5-4-10-17(18)19-14-24-13-7-6-12-20(24)22-19/h1-14H,15H2,(H,23,25). The number of hydrogen-bond acceptors (Lipinski definition) is 3. The number of carbonyl (C=O) groups excluding carboxylic acids is 1. The number of ether oxygens (including phenoxy) is 1.